The van der Waals surface area contributed by atoms with Crippen LogP contribution in [0.2, 0.25) is 0 Å². The summed E-state index contributed by atoms with van der Waals surface area (Å²) in [6.45, 7) is 1.58. The average molecular weight is 469 g/mol. The van der Waals surface area contributed by atoms with E-state index in [1.165, 1.54) is 51.4 Å². The summed E-state index contributed by atoms with van der Waals surface area (Å²) < 4.78 is 10.2. The van der Waals surface area contributed by atoms with Crippen molar-refractivity contribution in [3.05, 3.63) is 47.5 Å². The zero-order valence-electron chi connectivity index (χ0n) is 20.7. The fourth-order valence-electron chi connectivity index (χ4n) is 3.76. The molecule has 0 fully saturated rings. The normalized spacial score (nSPS) is 11.5. The van der Waals surface area contributed by atoms with Crippen molar-refractivity contribution < 1.29 is 19.7 Å². The maximum atomic E-state index is 10.0. The molecule has 0 saturated heterocycles. The molecule has 0 radical (unpaired) electrons. The van der Waals surface area contributed by atoms with Crippen LogP contribution in [0.3, 0.4) is 0 Å². The van der Waals surface area contributed by atoms with Gasteiger partial charge >= 0.3 is 0 Å². The number of phenols is 2. The van der Waals surface area contributed by atoms with Crippen LogP contribution < -0.4 is 9.47 Å². The monoisotopic (exact) mass is 468 g/mol. The van der Waals surface area contributed by atoms with E-state index in [9.17, 15) is 10.2 Å². The molecule has 6 nitrogen and oxygen atoms in total. The van der Waals surface area contributed by atoms with Gasteiger partial charge in [-0.2, -0.15) is 0 Å². The highest BCUT2D eigenvalue weighted by Gasteiger charge is 2.05. The minimum absolute atomic E-state index is 0.148. The van der Waals surface area contributed by atoms with Crippen LogP contribution in [-0.4, -0.2) is 50.0 Å². The van der Waals surface area contributed by atoms with E-state index < -0.39 is 0 Å². The van der Waals surface area contributed by atoms with Crippen molar-refractivity contribution in [2.75, 3.05) is 27.3 Å². The van der Waals surface area contributed by atoms with E-state index in [2.05, 4.69) is 9.98 Å². The maximum Gasteiger partial charge on any atom is 0.166 e. The quantitative estimate of drug-likeness (QED) is 0.204. The number of ether oxygens (including phenoxy) is 2. The van der Waals surface area contributed by atoms with Gasteiger partial charge in [-0.15, -0.1) is 0 Å². The Morgan fingerprint density at radius 3 is 1.29 bits per heavy atom. The van der Waals surface area contributed by atoms with Crippen molar-refractivity contribution in [1.29, 1.82) is 0 Å². The van der Waals surface area contributed by atoms with E-state index in [-0.39, 0.29) is 11.5 Å². The molecule has 0 heterocycles. The molecule has 0 aromatic heterocycles. The number of hydrogen-bond acceptors (Lipinski definition) is 6. The summed E-state index contributed by atoms with van der Waals surface area (Å²) in [5.41, 5.74) is 1.39. The van der Waals surface area contributed by atoms with Gasteiger partial charge in [0.1, 0.15) is 0 Å². The molecule has 2 N–H and O–H groups in total. The van der Waals surface area contributed by atoms with E-state index in [4.69, 9.17) is 9.47 Å². The molecule has 2 rings (SSSR count). The van der Waals surface area contributed by atoms with E-state index in [1.54, 1.807) is 38.8 Å². The molecule has 0 amide bonds. The zero-order chi connectivity index (χ0) is 24.4. The minimum Gasteiger partial charge on any atom is -0.504 e. The molecule has 6 heteroatoms. The number of aromatic hydroxyl groups is 2. The van der Waals surface area contributed by atoms with Gasteiger partial charge in [-0.25, -0.2) is 0 Å². The second-order valence-electron chi connectivity index (χ2n) is 8.40. The number of methoxy groups -OCH3 is 2. The lowest BCUT2D eigenvalue weighted by Gasteiger charge is -2.05. The van der Waals surface area contributed by atoms with Gasteiger partial charge in [-0.05, 0) is 37.1 Å². The second kappa shape index (κ2) is 16.6. The summed E-state index contributed by atoms with van der Waals surface area (Å²) in [5.74, 6) is 1.25. The van der Waals surface area contributed by atoms with Crippen molar-refractivity contribution in [3.63, 3.8) is 0 Å². The zero-order valence-corrected chi connectivity index (χ0v) is 20.7. The molecule has 2 aromatic rings. The largest absolute Gasteiger partial charge is 0.504 e. The molecule has 0 aliphatic heterocycles. The van der Waals surface area contributed by atoms with E-state index >= 15 is 0 Å². The standard InChI is InChI=1S/C28H40N2O4/c1-33-25-17-13-15-23(27(25)31)21-29-19-11-9-7-5-3-4-6-8-10-12-20-30-22-24-16-14-18-26(34-2)28(24)32/h13-18,21-22,31-32H,3-12,19-20H2,1-2H3. The summed E-state index contributed by atoms with van der Waals surface area (Å²) in [5, 5.41) is 20.1. The van der Waals surface area contributed by atoms with Gasteiger partial charge in [0, 0.05) is 36.6 Å². The van der Waals surface area contributed by atoms with Gasteiger partial charge in [0.2, 0.25) is 0 Å². The van der Waals surface area contributed by atoms with Crippen molar-refractivity contribution in [3.8, 4) is 23.0 Å². The lowest BCUT2D eigenvalue weighted by atomic mass is 10.1. The van der Waals surface area contributed by atoms with Crippen LogP contribution in [0.1, 0.15) is 75.3 Å². The van der Waals surface area contributed by atoms with Crippen molar-refractivity contribution in [2.24, 2.45) is 9.98 Å². The van der Waals surface area contributed by atoms with Crippen LogP contribution in [0.5, 0.6) is 23.0 Å². The molecule has 0 saturated carbocycles. The van der Waals surface area contributed by atoms with Crippen molar-refractivity contribution in [2.45, 2.75) is 64.2 Å². The average Bonchev–Trinajstić information content (AvgIpc) is 2.85. The third-order valence-electron chi connectivity index (χ3n) is 5.79. The number of unbranched alkanes of at least 4 members (excludes halogenated alkanes) is 9. The highest BCUT2D eigenvalue weighted by Crippen LogP contribution is 2.28. The number of nitrogens with zero attached hydrogens (tertiary/aromatic N) is 2. The molecular formula is C28H40N2O4. The smallest absolute Gasteiger partial charge is 0.166 e. The number of rotatable bonds is 17. The molecule has 0 aliphatic rings. The summed E-state index contributed by atoms with van der Waals surface area (Å²) in [6, 6.07) is 10.8. The first-order valence-electron chi connectivity index (χ1n) is 12.4. The molecule has 0 aliphatic carbocycles. The van der Waals surface area contributed by atoms with Crippen LogP contribution in [0, 0.1) is 0 Å². The van der Waals surface area contributed by atoms with Crippen LogP contribution in [0.25, 0.3) is 0 Å². The topological polar surface area (TPSA) is 83.6 Å². The van der Waals surface area contributed by atoms with Gasteiger partial charge in [0.15, 0.2) is 23.0 Å². The Hall–Kier alpha value is -3.02. The lowest BCUT2D eigenvalue weighted by Crippen LogP contribution is -1.90. The van der Waals surface area contributed by atoms with Crippen molar-refractivity contribution >= 4 is 12.4 Å². The third kappa shape index (κ3) is 9.86. The molecular weight excluding hydrogens is 428 g/mol. The summed E-state index contributed by atoms with van der Waals surface area (Å²) >= 11 is 0. The number of phenolic OH excluding ortho intramolecular Hbond substituents is 2. The number of benzene rings is 2. The third-order valence-corrected chi connectivity index (χ3v) is 5.79. The first-order chi connectivity index (χ1) is 16.7. The Bertz CT molecular complexity index is 822. The van der Waals surface area contributed by atoms with E-state index in [0.29, 0.717) is 22.6 Å². The first kappa shape index (κ1) is 27.2. The molecule has 2 aromatic carbocycles. The molecule has 0 spiro atoms. The summed E-state index contributed by atoms with van der Waals surface area (Å²) in [4.78, 5) is 8.86. The van der Waals surface area contributed by atoms with Gasteiger partial charge in [-0.3, -0.25) is 9.98 Å². The Balaban J connectivity index is 1.41. The van der Waals surface area contributed by atoms with Crippen LogP contribution in [0.15, 0.2) is 46.4 Å². The Labute approximate surface area is 204 Å². The highest BCUT2D eigenvalue weighted by atomic mass is 16.5. The predicted octanol–water partition coefficient (Wildman–Crippen LogP) is 6.55. The van der Waals surface area contributed by atoms with Gasteiger partial charge < -0.3 is 19.7 Å². The predicted molar refractivity (Wildman–Crippen MR) is 140 cm³/mol. The minimum atomic E-state index is 0.148. The molecule has 0 unspecified atom stereocenters. The Morgan fingerprint density at radius 1 is 0.588 bits per heavy atom. The van der Waals surface area contributed by atoms with E-state index in [1.807, 2.05) is 24.3 Å². The second-order valence-corrected chi connectivity index (χ2v) is 8.40. The molecule has 0 atom stereocenters. The molecule has 186 valence electrons. The van der Waals surface area contributed by atoms with Gasteiger partial charge in [-0.1, -0.05) is 63.5 Å². The SMILES string of the molecule is COc1cccc(C=NCCCCCCCCCCCCN=Cc2cccc(OC)c2O)c1O. The number of hydrogen-bond donors (Lipinski definition) is 2. The fraction of sp³-hybridized carbons (Fsp3) is 0.500. The van der Waals surface area contributed by atoms with Crippen LogP contribution >= 0.6 is 0 Å². The summed E-state index contributed by atoms with van der Waals surface area (Å²) in [6.07, 6.45) is 15.7. The highest BCUT2D eigenvalue weighted by molar-refractivity contribution is 5.85. The number of para-hydroxylation sites is 2. The lowest BCUT2D eigenvalue weighted by molar-refractivity contribution is 0.373. The van der Waals surface area contributed by atoms with Crippen molar-refractivity contribution in [1.82, 2.24) is 0 Å². The molecule has 34 heavy (non-hydrogen) atoms. The fourth-order valence-corrected chi connectivity index (χ4v) is 3.76. The van der Waals surface area contributed by atoms with E-state index in [0.717, 1.165) is 25.9 Å². The molecule has 0 bridgehead atoms. The maximum absolute atomic E-state index is 10.0. The summed E-state index contributed by atoms with van der Waals surface area (Å²) in [7, 11) is 3.09. The first-order valence-corrected chi connectivity index (χ1v) is 12.4. The van der Waals surface area contributed by atoms with Gasteiger partial charge in [0.05, 0.1) is 14.2 Å². The van der Waals surface area contributed by atoms with Gasteiger partial charge in [0.25, 0.3) is 0 Å². The number of aliphatic imine (C=N–C) groups is 2. The Kier molecular flexibility index (Phi) is 13.3. The Morgan fingerprint density at radius 2 is 0.941 bits per heavy atom. The van der Waals surface area contributed by atoms with Crippen LogP contribution in [-0.2, 0) is 0 Å². The van der Waals surface area contributed by atoms with Crippen LogP contribution in [0.4, 0.5) is 0 Å².